The van der Waals surface area contributed by atoms with Gasteiger partial charge in [0.15, 0.2) is 0 Å². The van der Waals surface area contributed by atoms with Crippen LogP contribution in [0, 0.1) is 27.7 Å². The van der Waals surface area contributed by atoms with Crippen molar-refractivity contribution in [3.05, 3.63) is 193 Å². The Morgan fingerprint density at radius 2 is 0.481 bits per heavy atom. The maximum absolute atomic E-state index is 4.28. The van der Waals surface area contributed by atoms with Gasteiger partial charge in [-0.05, 0) is 190 Å². The Balaban J connectivity index is 1.25. The van der Waals surface area contributed by atoms with Crippen LogP contribution in [0.3, 0.4) is 0 Å². The van der Waals surface area contributed by atoms with Crippen LogP contribution in [0.15, 0.2) is 170 Å². The molecule has 250 valence electrons. The lowest BCUT2D eigenvalue weighted by molar-refractivity contribution is 1.33. The number of benzene rings is 6. The second kappa shape index (κ2) is 14.1. The Morgan fingerprint density at radius 3 is 0.788 bits per heavy atom. The van der Waals surface area contributed by atoms with Crippen LogP contribution in [0.4, 0.5) is 0 Å². The molecule has 2 nitrogen and oxygen atoms in total. The van der Waals surface area contributed by atoms with Crippen molar-refractivity contribution in [2.24, 2.45) is 0 Å². The van der Waals surface area contributed by atoms with E-state index in [0.717, 1.165) is 11.1 Å². The van der Waals surface area contributed by atoms with E-state index in [-0.39, 0.29) is 0 Å². The van der Waals surface area contributed by atoms with Crippen LogP contribution in [0.5, 0.6) is 0 Å². The standard InChI is InChI=1S/C50H40N2/c1-33-7-5-9-39(19-33)47-27-45(37-11-15-51-16-12-37)29-49(31-47)43-23-35(3)21-41(25-43)42-22-36(4)24-44(26-42)50-30-46(38-13-17-52-18-14-38)28-48(32-50)40-10-6-8-34(2)20-40/h5-32H,1-4H3. The third-order valence-electron chi connectivity index (χ3n) is 9.75. The van der Waals surface area contributed by atoms with Gasteiger partial charge in [-0.3, -0.25) is 9.97 Å². The molecule has 0 fully saturated rings. The van der Waals surface area contributed by atoms with Crippen molar-refractivity contribution in [1.29, 1.82) is 0 Å². The molecule has 2 heterocycles. The van der Waals surface area contributed by atoms with Crippen molar-refractivity contribution in [2.45, 2.75) is 27.7 Å². The van der Waals surface area contributed by atoms with Crippen molar-refractivity contribution in [2.75, 3.05) is 0 Å². The minimum absolute atomic E-state index is 1.15. The molecule has 0 saturated heterocycles. The lowest BCUT2D eigenvalue weighted by Crippen LogP contribution is -1.91. The molecule has 0 unspecified atom stereocenters. The number of rotatable bonds is 7. The van der Waals surface area contributed by atoms with E-state index in [1.165, 1.54) is 89.0 Å². The summed E-state index contributed by atoms with van der Waals surface area (Å²) in [7, 11) is 0. The second-order valence-corrected chi connectivity index (χ2v) is 14.0. The maximum Gasteiger partial charge on any atom is 0.0273 e. The predicted molar refractivity (Wildman–Crippen MR) is 219 cm³/mol. The van der Waals surface area contributed by atoms with Gasteiger partial charge < -0.3 is 0 Å². The summed E-state index contributed by atoms with van der Waals surface area (Å²) in [4.78, 5) is 8.56. The van der Waals surface area contributed by atoms with Gasteiger partial charge in [-0.25, -0.2) is 0 Å². The van der Waals surface area contributed by atoms with E-state index < -0.39 is 0 Å². The Bertz CT molecular complexity index is 2370. The average molecular weight is 669 g/mol. The number of pyridine rings is 2. The van der Waals surface area contributed by atoms with Crippen LogP contribution in [-0.2, 0) is 0 Å². The first-order chi connectivity index (χ1) is 25.3. The maximum atomic E-state index is 4.28. The first-order valence-electron chi connectivity index (χ1n) is 17.8. The molecule has 0 N–H and O–H groups in total. The Labute approximate surface area is 307 Å². The summed E-state index contributed by atoms with van der Waals surface area (Å²) in [5.41, 5.74) is 21.6. The molecule has 2 aromatic heterocycles. The lowest BCUT2D eigenvalue weighted by atomic mass is 9.89. The average Bonchev–Trinajstić information content (AvgIpc) is 3.18. The summed E-state index contributed by atoms with van der Waals surface area (Å²) < 4.78 is 0. The summed E-state index contributed by atoms with van der Waals surface area (Å²) in [5, 5.41) is 0. The zero-order valence-corrected chi connectivity index (χ0v) is 30.1. The molecule has 8 rings (SSSR count). The van der Waals surface area contributed by atoms with Gasteiger partial charge in [-0.15, -0.1) is 0 Å². The van der Waals surface area contributed by atoms with Crippen LogP contribution in [-0.4, -0.2) is 9.97 Å². The molecule has 0 aliphatic heterocycles. The quantitative estimate of drug-likeness (QED) is 0.169. The zero-order valence-electron chi connectivity index (χ0n) is 30.1. The molecule has 0 aliphatic carbocycles. The molecular formula is C50H40N2. The molecule has 0 spiro atoms. The fraction of sp³-hybridized carbons (Fsp3) is 0.0800. The minimum atomic E-state index is 1.15. The molecule has 0 atom stereocenters. The van der Waals surface area contributed by atoms with Crippen molar-refractivity contribution >= 4 is 0 Å². The molecule has 0 radical (unpaired) electrons. The molecular weight excluding hydrogens is 629 g/mol. The summed E-state index contributed by atoms with van der Waals surface area (Å²) >= 11 is 0. The van der Waals surface area contributed by atoms with E-state index >= 15 is 0 Å². The van der Waals surface area contributed by atoms with Crippen molar-refractivity contribution in [1.82, 2.24) is 9.97 Å². The molecule has 0 aliphatic rings. The van der Waals surface area contributed by atoms with Crippen molar-refractivity contribution < 1.29 is 0 Å². The molecule has 8 aromatic rings. The van der Waals surface area contributed by atoms with E-state index in [0.29, 0.717) is 0 Å². The second-order valence-electron chi connectivity index (χ2n) is 14.0. The van der Waals surface area contributed by atoms with Crippen LogP contribution in [0.1, 0.15) is 22.3 Å². The third kappa shape index (κ3) is 7.10. The number of hydrogen-bond donors (Lipinski definition) is 0. The molecule has 2 heteroatoms. The number of aryl methyl sites for hydroxylation is 4. The molecule has 52 heavy (non-hydrogen) atoms. The van der Waals surface area contributed by atoms with E-state index in [9.17, 15) is 0 Å². The molecule has 0 amide bonds. The molecule has 6 aromatic carbocycles. The summed E-state index contributed by atoms with van der Waals surface area (Å²) in [6, 6.07) is 53.6. The normalized spacial score (nSPS) is 11.1. The van der Waals surface area contributed by atoms with Crippen LogP contribution < -0.4 is 0 Å². The van der Waals surface area contributed by atoms with Crippen LogP contribution in [0.2, 0.25) is 0 Å². The summed E-state index contributed by atoms with van der Waals surface area (Å²) in [5.74, 6) is 0. The number of hydrogen-bond acceptors (Lipinski definition) is 2. The third-order valence-corrected chi connectivity index (χ3v) is 9.75. The van der Waals surface area contributed by atoms with Gasteiger partial charge in [-0.1, -0.05) is 83.9 Å². The highest BCUT2D eigenvalue weighted by atomic mass is 14.6. The first-order valence-corrected chi connectivity index (χ1v) is 17.8. The number of nitrogens with zero attached hydrogens (tertiary/aromatic N) is 2. The van der Waals surface area contributed by atoms with E-state index in [2.05, 4.69) is 183 Å². The van der Waals surface area contributed by atoms with E-state index in [1.54, 1.807) is 0 Å². The fourth-order valence-electron chi connectivity index (χ4n) is 7.23. The zero-order chi connectivity index (χ0) is 35.6. The van der Waals surface area contributed by atoms with Gasteiger partial charge in [-0.2, -0.15) is 0 Å². The Hall–Kier alpha value is -6.38. The monoisotopic (exact) mass is 668 g/mol. The topological polar surface area (TPSA) is 25.8 Å². The Kier molecular flexibility index (Phi) is 8.89. The van der Waals surface area contributed by atoms with Gasteiger partial charge in [0.1, 0.15) is 0 Å². The fourth-order valence-corrected chi connectivity index (χ4v) is 7.23. The molecule has 0 bridgehead atoms. The molecule has 0 saturated carbocycles. The minimum Gasteiger partial charge on any atom is -0.265 e. The van der Waals surface area contributed by atoms with Gasteiger partial charge in [0.05, 0.1) is 0 Å². The van der Waals surface area contributed by atoms with Gasteiger partial charge >= 0.3 is 0 Å². The highest BCUT2D eigenvalue weighted by molar-refractivity contribution is 5.86. The van der Waals surface area contributed by atoms with Gasteiger partial charge in [0, 0.05) is 24.8 Å². The summed E-state index contributed by atoms with van der Waals surface area (Å²) in [6.07, 6.45) is 7.46. The highest BCUT2D eigenvalue weighted by Crippen LogP contribution is 2.38. The SMILES string of the molecule is Cc1cccc(-c2cc(-c3ccncc3)cc(-c3cc(C)cc(-c4cc(C)cc(-c5cc(-c6ccncc6)cc(-c6cccc(C)c6)c5)c4)c3)c2)c1. The van der Waals surface area contributed by atoms with Gasteiger partial charge in [0.2, 0.25) is 0 Å². The number of aromatic nitrogens is 2. The van der Waals surface area contributed by atoms with Gasteiger partial charge in [0.25, 0.3) is 0 Å². The lowest BCUT2D eigenvalue weighted by Gasteiger charge is -2.15. The van der Waals surface area contributed by atoms with Crippen LogP contribution in [0.25, 0.3) is 77.9 Å². The van der Waals surface area contributed by atoms with Crippen molar-refractivity contribution in [3.63, 3.8) is 0 Å². The van der Waals surface area contributed by atoms with E-state index in [4.69, 9.17) is 0 Å². The largest absolute Gasteiger partial charge is 0.265 e. The van der Waals surface area contributed by atoms with Crippen molar-refractivity contribution in [3.8, 4) is 77.9 Å². The summed E-state index contributed by atoms with van der Waals surface area (Å²) in [6.45, 7) is 8.70. The highest BCUT2D eigenvalue weighted by Gasteiger charge is 2.13. The van der Waals surface area contributed by atoms with Crippen LogP contribution >= 0.6 is 0 Å². The smallest absolute Gasteiger partial charge is 0.0273 e. The Morgan fingerprint density at radius 1 is 0.231 bits per heavy atom. The first kappa shape index (κ1) is 32.8. The predicted octanol–water partition coefficient (Wildman–Crippen LogP) is 13.4. The van der Waals surface area contributed by atoms with E-state index in [1.807, 2.05) is 24.8 Å².